The van der Waals surface area contributed by atoms with Crippen molar-refractivity contribution in [1.29, 1.82) is 0 Å². The Balaban J connectivity index is 1.69. The van der Waals surface area contributed by atoms with Crippen LogP contribution in [-0.2, 0) is 6.54 Å². The highest BCUT2D eigenvalue weighted by Gasteiger charge is 2.12. The lowest BCUT2D eigenvalue weighted by Gasteiger charge is -2.03. The van der Waals surface area contributed by atoms with Crippen molar-refractivity contribution in [3.8, 4) is 0 Å². The number of non-ortho nitro benzene ring substituents is 1. The molecule has 0 spiro atoms. The first-order chi connectivity index (χ1) is 11.6. The molecule has 0 aliphatic heterocycles. The summed E-state index contributed by atoms with van der Waals surface area (Å²) in [4.78, 5) is 22.4. The van der Waals surface area contributed by atoms with E-state index < -0.39 is 10.8 Å². The van der Waals surface area contributed by atoms with Gasteiger partial charge in [-0.2, -0.15) is 5.10 Å². The molecule has 0 aliphatic rings. The van der Waals surface area contributed by atoms with Crippen LogP contribution in [0.15, 0.2) is 66.9 Å². The Hall–Kier alpha value is -3.48. The van der Waals surface area contributed by atoms with Crippen LogP contribution in [0, 0.1) is 10.1 Å². The van der Waals surface area contributed by atoms with Gasteiger partial charge in [0.1, 0.15) is 0 Å². The van der Waals surface area contributed by atoms with Crippen LogP contribution in [-0.4, -0.2) is 20.6 Å². The van der Waals surface area contributed by atoms with E-state index in [4.69, 9.17) is 0 Å². The Kier molecular flexibility index (Phi) is 4.33. The van der Waals surface area contributed by atoms with Crippen LogP contribution >= 0.6 is 0 Å². The lowest BCUT2D eigenvalue weighted by atomic mass is 10.2. The number of anilines is 1. The summed E-state index contributed by atoms with van der Waals surface area (Å²) in [5.41, 5.74) is 1.18. The van der Waals surface area contributed by atoms with E-state index in [0.717, 1.165) is 5.56 Å². The summed E-state index contributed by atoms with van der Waals surface area (Å²) < 4.78 is 1.71. The molecule has 1 heterocycles. The fourth-order valence-corrected chi connectivity index (χ4v) is 2.24. The zero-order valence-corrected chi connectivity index (χ0v) is 12.6. The van der Waals surface area contributed by atoms with Crippen LogP contribution in [0.2, 0.25) is 0 Å². The number of benzene rings is 2. The Labute approximate surface area is 137 Å². The van der Waals surface area contributed by atoms with Crippen molar-refractivity contribution < 1.29 is 9.72 Å². The van der Waals surface area contributed by atoms with Crippen LogP contribution in [0.1, 0.15) is 15.9 Å². The molecule has 2 aromatic carbocycles. The van der Waals surface area contributed by atoms with Gasteiger partial charge in [-0.15, -0.1) is 0 Å². The van der Waals surface area contributed by atoms with Crippen LogP contribution in [0.5, 0.6) is 0 Å². The van der Waals surface area contributed by atoms with Gasteiger partial charge in [0, 0.05) is 30.0 Å². The number of aromatic nitrogens is 2. The lowest BCUT2D eigenvalue weighted by Crippen LogP contribution is -2.13. The van der Waals surface area contributed by atoms with Gasteiger partial charge in [0.25, 0.3) is 11.6 Å². The Morgan fingerprint density at radius 2 is 1.92 bits per heavy atom. The fourth-order valence-electron chi connectivity index (χ4n) is 2.24. The SMILES string of the molecule is O=C(Nc1ccn(Cc2ccccc2)n1)c1cccc([N+](=O)[O-])c1. The molecule has 1 amide bonds. The van der Waals surface area contributed by atoms with E-state index in [9.17, 15) is 14.9 Å². The highest BCUT2D eigenvalue weighted by Crippen LogP contribution is 2.14. The molecule has 0 atom stereocenters. The fraction of sp³-hybridized carbons (Fsp3) is 0.0588. The zero-order chi connectivity index (χ0) is 16.9. The maximum atomic E-state index is 12.2. The van der Waals surface area contributed by atoms with E-state index in [1.165, 1.54) is 24.3 Å². The smallest absolute Gasteiger partial charge is 0.270 e. The van der Waals surface area contributed by atoms with E-state index in [-0.39, 0.29) is 11.3 Å². The van der Waals surface area contributed by atoms with E-state index in [1.807, 2.05) is 30.3 Å². The van der Waals surface area contributed by atoms with Crippen molar-refractivity contribution in [2.75, 3.05) is 5.32 Å². The predicted molar refractivity (Wildman–Crippen MR) is 88.8 cm³/mol. The molecule has 0 unspecified atom stereocenters. The van der Waals surface area contributed by atoms with Crippen LogP contribution in [0.3, 0.4) is 0 Å². The summed E-state index contributed by atoms with van der Waals surface area (Å²) in [6, 6.07) is 17.1. The maximum Gasteiger partial charge on any atom is 0.270 e. The maximum absolute atomic E-state index is 12.2. The molecule has 120 valence electrons. The van der Waals surface area contributed by atoms with Gasteiger partial charge in [0.05, 0.1) is 11.5 Å². The first-order valence-electron chi connectivity index (χ1n) is 7.25. The zero-order valence-electron chi connectivity index (χ0n) is 12.6. The minimum absolute atomic E-state index is 0.128. The summed E-state index contributed by atoms with van der Waals surface area (Å²) >= 11 is 0. The highest BCUT2D eigenvalue weighted by molar-refractivity contribution is 6.04. The van der Waals surface area contributed by atoms with Gasteiger partial charge in [0.15, 0.2) is 5.82 Å². The lowest BCUT2D eigenvalue weighted by molar-refractivity contribution is -0.384. The Morgan fingerprint density at radius 1 is 1.12 bits per heavy atom. The minimum Gasteiger partial charge on any atom is -0.305 e. The van der Waals surface area contributed by atoms with Crippen molar-refractivity contribution in [3.63, 3.8) is 0 Å². The van der Waals surface area contributed by atoms with Gasteiger partial charge in [-0.1, -0.05) is 36.4 Å². The molecule has 0 saturated heterocycles. The topological polar surface area (TPSA) is 90.1 Å². The molecule has 24 heavy (non-hydrogen) atoms. The minimum atomic E-state index is -0.536. The third-order valence-electron chi connectivity index (χ3n) is 3.39. The monoisotopic (exact) mass is 322 g/mol. The summed E-state index contributed by atoms with van der Waals surface area (Å²) in [5, 5.41) is 17.7. The number of amides is 1. The van der Waals surface area contributed by atoms with Crippen molar-refractivity contribution >= 4 is 17.4 Å². The molecule has 0 fully saturated rings. The van der Waals surface area contributed by atoms with Gasteiger partial charge < -0.3 is 5.32 Å². The Bertz CT molecular complexity index is 874. The molecule has 1 N–H and O–H groups in total. The predicted octanol–water partition coefficient (Wildman–Crippen LogP) is 3.09. The number of carbonyl (C=O) groups excluding carboxylic acids is 1. The van der Waals surface area contributed by atoms with Crippen molar-refractivity contribution in [2.45, 2.75) is 6.54 Å². The van der Waals surface area contributed by atoms with Crippen LogP contribution < -0.4 is 5.32 Å². The van der Waals surface area contributed by atoms with Crippen LogP contribution in [0.25, 0.3) is 0 Å². The number of nitrogens with zero attached hydrogens (tertiary/aromatic N) is 3. The molecule has 0 bridgehead atoms. The number of hydrogen-bond acceptors (Lipinski definition) is 4. The number of rotatable bonds is 5. The number of hydrogen-bond donors (Lipinski definition) is 1. The molecule has 7 heteroatoms. The third kappa shape index (κ3) is 3.64. The highest BCUT2D eigenvalue weighted by atomic mass is 16.6. The first kappa shape index (κ1) is 15.4. The second kappa shape index (κ2) is 6.74. The van der Waals surface area contributed by atoms with Gasteiger partial charge in [-0.25, -0.2) is 0 Å². The van der Waals surface area contributed by atoms with E-state index >= 15 is 0 Å². The van der Waals surface area contributed by atoms with E-state index in [1.54, 1.807) is 16.9 Å². The number of nitro groups is 1. The molecule has 0 saturated carbocycles. The molecule has 1 aromatic heterocycles. The van der Waals surface area contributed by atoms with Gasteiger partial charge in [-0.3, -0.25) is 19.6 Å². The van der Waals surface area contributed by atoms with E-state index in [2.05, 4.69) is 10.4 Å². The summed E-state index contributed by atoms with van der Waals surface area (Å²) in [6.07, 6.45) is 1.76. The molecular weight excluding hydrogens is 308 g/mol. The van der Waals surface area contributed by atoms with E-state index in [0.29, 0.717) is 12.4 Å². The summed E-state index contributed by atoms with van der Waals surface area (Å²) in [7, 11) is 0. The quantitative estimate of drug-likeness (QED) is 0.577. The molecular formula is C17H14N4O3. The number of nitrogens with one attached hydrogen (secondary N) is 1. The normalized spacial score (nSPS) is 10.3. The molecule has 0 aliphatic carbocycles. The third-order valence-corrected chi connectivity index (χ3v) is 3.39. The number of carbonyl (C=O) groups is 1. The summed E-state index contributed by atoms with van der Waals surface area (Å²) in [6.45, 7) is 0.591. The first-order valence-corrected chi connectivity index (χ1v) is 7.25. The largest absolute Gasteiger partial charge is 0.305 e. The second-order valence-corrected chi connectivity index (χ2v) is 5.15. The average Bonchev–Trinajstić information content (AvgIpc) is 3.02. The molecule has 3 rings (SSSR count). The molecule has 7 nitrogen and oxygen atoms in total. The van der Waals surface area contributed by atoms with Crippen molar-refractivity contribution in [2.24, 2.45) is 0 Å². The van der Waals surface area contributed by atoms with Crippen molar-refractivity contribution in [1.82, 2.24) is 9.78 Å². The van der Waals surface area contributed by atoms with Crippen LogP contribution in [0.4, 0.5) is 11.5 Å². The standard InChI is InChI=1S/C17H14N4O3/c22-17(14-7-4-8-15(11-14)21(23)24)18-16-9-10-20(19-16)12-13-5-2-1-3-6-13/h1-11H,12H2,(H,18,19,22). The molecule has 3 aromatic rings. The van der Waals surface area contributed by atoms with Gasteiger partial charge in [0.2, 0.25) is 0 Å². The van der Waals surface area contributed by atoms with Gasteiger partial charge in [-0.05, 0) is 11.6 Å². The second-order valence-electron chi connectivity index (χ2n) is 5.15. The van der Waals surface area contributed by atoms with Gasteiger partial charge >= 0.3 is 0 Å². The average molecular weight is 322 g/mol. The Morgan fingerprint density at radius 3 is 2.67 bits per heavy atom. The number of nitro benzene ring substituents is 1. The van der Waals surface area contributed by atoms with Crippen molar-refractivity contribution in [3.05, 3.63) is 88.1 Å². The molecule has 0 radical (unpaired) electrons. The summed E-state index contributed by atoms with van der Waals surface area (Å²) in [5.74, 6) is -0.0499.